The molecule has 1 fully saturated rings. The van der Waals surface area contributed by atoms with Crippen molar-refractivity contribution in [1.29, 1.82) is 0 Å². The molecular formula is C11H10F4N2O3S. The molecule has 1 aromatic carbocycles. The number of hydrogen-bond donors (Lipinski definition) is 1. The maximum Gasteiger partial charge on any atom is 0.227 e. The highest BCUT2D eigenvalue weighted by molar-refractivity contribution is 7.89. The van der Waals surface area contributed by atoms with Crippen LogP contribution in [0, 0.1) is 29.2 Å². The molecule has 0 aromatic heterocycles. The van der Waals surface area contributed by atoms with Crippen LogP contribution in [0.3, 0.4) is 0 Å². The number of anilines is 1. The molecule has 1 aliphatic heterocycles. The first-order valence-corrected chi connectivity index (χ1v) is 7.45. The van der Waals surface area contributed by atoms with E-state index >= 15 is 0 Å². The lowest BCUT2D eigenvalue weighted by molar-refractivity contribution is -0.117. The molecule has 1 aliphatic rings. The average Bonchev–Trinajstić information content (AvgIpc) is 2.66. The van der Waals surface area contributed by atoms with Crippen molar-refractivity contribution in [2.75, 3.05) is 17.2 Å². The molecule has 10 heteroatoms. The summed E-state index contributed by atoms with van der Waals surface area (Å²) in [5.74, 6) is -8.93. The number of carbonyl (C=O) groups is 1. The van der Waals surface area contributed by atoms with Gasteiger partial charge in [-0.05, 0) is 0 Å². The van der Waals surface area contributed by atoms with Crippen LogP contribution in [0.1, 0.15) is 6.42 Å². The molecule has 1 unspecified atom stereocenters. The zero-order valence-corrected chi connectivity index (χ0v) is 11.3. The minimum atomic E-state index is -3.89. The van der Waals surface area contributed by atoms with Gasteiger partial charge in [-0.1, -0.05) is 0 Å². The topological polar surface area (TPSA) is 80.5 Å². The molecule has 21 heavy (non-hydrogen) atoms. The standard InChI is InChI=1S/C11H10F4N2O3S/c12-6-2-7(13)10(15)11(9(6)14)17-3-5(1-8(17)18)4-21(16,19)20/h2,5H,1,3-4H2,(H2,16,19,20). The second-order valence-corrected chi connectivity index (χ2v) is 6.38. The fourth-order valence-electron chi connectivity index (χ4n) is 2.24. The van der Waals surface area contributed by atoms with Crippen LogP contribution in [0.4, 0.5) is 23.2 Å². The van der Waals surface area contributed by atoms with Crippen LogP contribution in [0.2, 0.25) is 0 Å². The molecule has 1 saturated heterocycles. The van der Waals surface area contributed by atoms with Gasteiger partial charge in [0, 0.05) is 24.9 Å². The lowest BCUT2D eigenvalue weighted by Crippen LogP contribution is -2.29. The van der Waals surface area contributed by atoms with Crippen molar-refractivity contribution < 1.29 is 30.8 Å². The lowest BCUT2D eigenvalue weighted by atomic mass is 10.1. The Bertz CT molecular complexity index is 682. The summed E-state index contributed by atoms with van der Waals surface area (Å²) in [6.07, 6.45) is -0.340. The summed E-state index contributed by atoms with van der Waals surface area (Å²) >= 11 is 0. The quantitative estimate of drug-likeness (QED) is 0.661. The van der Waals surface area contributed by atoms with Crippen LogP contribution in [-0.4, -0.2) is 26.6 Å². The van der Waals surface area contributed by atoms with E-state index in [1.54, 1.807) is 0 Å². The van der Waals surface area contributed by atoms with Gasteiger partial charge in [0.15, 0.2) is 23.3 Å². The summed E-state index contributed by atoms with van der Waals surface area (Å²) in [5, 5.41) is 4.83. The van der Waals surface area contributed by atoms with Crippen LogP contribution >= 0.6 is 0 Å². The SMILES string of the molecule is NS(=O)(=O)CC1CC(=O)N(c2c(F)c(F)cc(F)c2F)C1. The average molecular weight is 326 g/mol. The van der Waals surface area contributed by atoms with E-state index in [1.165, 1.54) is 0 Å². The highest BCUT2D eigenvalue weighted by Crippen LogP contribution is 2.32. The fraction of sp³-hybridized carbons (Fsp3) is 0.364. The third-order valence-corrected chi connectivity index (χ3v) is 3.97. The highest BCUT2D eigenvalue weighted by atomic mass is 32.2. The van der Waals surface area contributed by atoms with Gasteiger partial charge >= 0.3 is 0 Å². The number of benzene rings is 1. The number of halogens is 4. The highest BCUT2D eigenvalue weighted by Gasteiger charge is 2.37. The van der Waals surface area contributed by atoms with Gasteiger partial charge in [0.2, 0.25) is 15.9 Å². The Morgan fingerprint density at radius 1 is 1.19 bits per heavy atom. The minimum absolute atomic E-state index is 0.0243. The Morgan fingerprint density at radius 2 is 1.71 bits per heavy atom. The smallest absolute Gasteiger partial charge is 0.227 e. The zero-order valence-electron chi connectivity index (χ0n) is 10.4. The molecule has 1 amide bonds. The van der Waals surface area contributed by atoms with Crippen molar-refractivity contribution in [3.63, 3.8) is 0 Å². The molecule has 0 saturated carbocycles. The van der Waals surface area contributed by atoms with E-state index in [4.69, 9.17) is 5.14 Å². The van der Waals surface area contributed by atoms with E-state index in [0.717, 1.165) is 0 Å². The number of hydrogen-bond acceptors (Lipinski definition) is 3. The second kappa shape index (κ2) is 5.26. The second-order valence-electron chi connectivity index (χ2n) is 4.72. The third kappa shape index (κ3) is 3.16. The third-order valence-electron chi connectivity index (χ3n) is 3.03. The molecule has 5 nitrogen and oxygen atoms in total. The van der Waals surface area contributed by atoms with E-state index in [1.807, 2.05) is 0 Å². The first kappa shape index (κ1) is 15.7. The first-order chi connectivity index (χ1) is 9.60. The molecule has 2 rings (SSSR count). The normalized spacial score (nSPS) is 19.4. The van der Waals surface area contributed by atoms with Crippen LogP contribution in [-0.2, 0) is 14.8 Å². The van der Waals surface area contributed by atoms with E-state index < -0.39 is 63.1 Å². The van der Waals surface area contributed by atoms with Crippen LogP contribution in [0.5, 0.6) is 0 Å². The largest absolute Gasteiger partial charge is 0.307 e. The van der Waals surface area contributed by atoms with Crippen LogP contribution < -0.4 is 10.0 Å². The maximum absolute atomic E-state index is 13.6. The van der Waals surface area contributed by atoms with Gasteiger partial charge in [0.05, 0.1) is 5.75 Å². The first-order valence-electron chi connectivity index (χ1n) is 5.74. The van der Waals surface area contributed by atoms with E-state index in [2.05, 4.69) is 0 Å². The van der Waals surface area contributed by atoms with E-state index in [0.29, 0.717) is 4.90 Å². The molecule has 0 aliphatic carbocycles. The predicted molar refractivity (Wildman–Crippen MR) is 64.7 cm³/mol. The number of rotatable bonds is 3. The van der Waals surface area contributed by atoms with Crippen molar-refractivity contribution in [3.8, 4) is 0 Å². The minimum Gasteiger partial charge on any atom is -0.307 e. The molecule has 0 bridgehead atoms. The lowest BCUT2D eigenvalue weighted by Gasteiger charge is -2.18. The summed E-state index contributed by atoms with van der Waals surface area (Å²) in [7, 11) is -3.89. The van der Waals surface area contributed by atoms with E-state index in [9.17, 15) is 30.8 Å². The Morgan fingerprint density at radius 3 is 2.19 bits per heavy atom. The van der Waals surface area contributed by atoms with Gasteiger partial charge in [-0.15, -0.1) is 0 Å². The van der Waals surface area contributed by atoms with Gasteiger partial charge < -0.3 is 4.90 Å². The number of nitrogens with zero attached hydrogens (tertiary/aromatic N) is 1. The van der Waals surface area contributed by atoms with Crippen molar-refractivity contribution >= 4 is 21.6 Å². The molecular weight excluding hydrogens is 316 g/mol. The van der Waals surface area contributed by atoms with Crippen molar-refractivity contribution in [2.24, 2.45) is 11.1 Å². The predicted octanol–water partition coefficient (Wildman–Crippen LogP) is 0.884. The molecule has 0 spiro atoms. The Kier molecular flexibility index (Phi) is 3.93. The molecule has 2 N–H and O–H groups in total. The number of nitrogens with two attached hydrogens (primary N) is 1. The monoisotopic (exact) mass is 326 g/mol. The molecule has 116 valence electrons. The number of primary sulfonamides is 1. The Hall–Kier alpha value is -1.68. The van der Waals surface area contributed by atoms with Crippen LogP contribution in [0.15, 0.2) is 6.07 Å². The number of sulfonamides is 1. The zero-order chi connectivity index (χ0) is 15.9. The van der Waals surface area contributed by atoms with Crippen molar-refractivity contribution in [2.45, 2.75) is 6.42 Å². The Labute approximate surface area is 117 Å². The van der Waals surface area contributed by atoms with E-state index in [-0.39, 0.29) is 12.5 Å². The van der Waals surface area contributed by atoms with Gasteiger partial charge in [0.25, 0.3) is 0 Å². The van der Waals surface area contributed by atoms with Gasteiger partial charge in [-0.3, -0.25) is 4.79 Å². The Balaban J connectivity index is 2.38. The van der Waals surface area contributed by atoms with Crippen molar-refractivity contribution in [1.82, 2.24) is 0 Å². The van der Waals surface area contributed by atoms with Gasteiger partial charge in [-0.25, -0.2) is 31.1 Å². The maximum atomic E-state index is 13.6. The molecule has 1 heterocycles. The summed E-state index contributed by atoms with van der Waals surface area (Å²) < 4.78 is 75.4. The van der Waals surface area contributed by atoms with Gasteiger partial charge in [-0.2, -0.15) is 0 Å². The number of carbonyl (C=O) groups excluding carboxylic acids is 1. The fourth-order valence-corrected chi connectivity index (χ4v) is 3.12. The number of amides is 1. The summed E-state index contributed by atoms with van der Waals surface area (Å²) in [6.45, 7) is -0.397. The summed E-state index contributed by atoms with van der Waals surface area (Å²) in [4.78, 5) is 12.2. The molecule has 1 aromatic rings. The van der Waals surface area contributed by atoms with Crippen molar-refractivity contribution in [3.05, 3.63) is 29.3 Å². The molecule has 0 radical (unpaired) electrons. The van der Waals surface area contributed by atoms with Gasteiger partial charge in [0.1, 0.15) is 5.69 Å². The summed E-state index contributed by atoms with van der Waals surface area (Å²) in [6, 6.07) is 0.0243. The molecule has 1 atom stereocenters. The van der Waals surface area contributed by atoms with Crippen LogP contribution in [0.25, 0.3) is 0 Å². The summed E-state index contributed by atoms with van der Waals surface area (Å²) in [5.41, 5.74) is -1.16.